The van der Waals surface area contributed by atoms with Crippen molar-refractivity contribution in [2.24, 2.45) is 22.7 Å². The Labute approximate surface area is 140 Å². The Morgan fingerprint density at radius 1 is 1.48 bits per heavy atom. The largest absolute Gasteiger partial charge is 0.481 e. The predicted molar refractivity (Wildman–Crippen MR) is 93.1 cm³/mol. The summed E-state index contributed by atoms with van der Waals surface area (Å²) in [7, 11) is 0. The van der Waals surface area contributed by atoms with Crippen LogP contribution >= 0.6 is 0 Å². The first-order valence-corrected chi connectivity index (χ1v) is 8.87. The maximum absolute atomic E-state index is 11.9. The fraction of sp³-hybridized carbons (Fsp3) is 0.750. The van der Waals surface area contributed by atoms with Crippen molar-refractivity contribution in [3.05, 3.63) is 24.3 Å². The Kier molecular flexibility index (Phi) is 4.83. The van der Waals surface area contributed by atoms with Crippen LogP contribution in [-0.4, -0.2) is 21.8 Å². The molecule has 0 saturated heterocycles. The van der Waals surface area contributed by atoms with Crippen LogP contribution in [0.5, 0.6) is 0 Å². The summed E-state index contributed by atoms with van der Waals surface area (Å²) in [6.45, 7) is 12.0. The first-order chi connectivity index (χ1) is 10.6. The molecule has 0 aromatic rings. The molecule has 0 bridgehead atoms. The highest BCUT2D eigenvalue weighted by Gasteiger charge is 2.52. The van der Waals surface area contributed by atoms with Gasteiger partial charge in [-0.2, -0.15) is 0 Å². The molecule has 0 aromatic heterocycles. The minimum Gasteiger partial charge on any atom is -0.481 e. The van der Waals surface area contributed by atoms with E-state index < -0.39 is 17.0 Å². The summed E-state index contributed by atoms with van der Waals surface area (Å²) < 4.78 is 0. The molecule has 130 valence electrons. The molecular formula is C20H32O3. The number of hydrogen-bond acceptors (Lipinski definition) is 2. The molecule has 0 spiro atoms. The summed E-state index contributed by atoms with van der Waals surface area (Å²) in [5.41, 5.74) is -0.215. The fourth-order valence-electron chi connectivity index (χ4n) is 4.57. The number of rotatable bonds is 5. The lowest BCUT2D eigenvalue weighted by Crippen LogP contribution is -2.47. The lowest BCUT2D eigenvalue weighted by Gasteiger charge is -2.53. The van der Waals surface area contributed by atoms with E-state index in [2.05, 4.69) is 26.5 Å². The van der Waals surface area contributed by atoms with Gasteiger partial charge in [0.15, 0.2) is 0 Å². The Bertz CT molecular complexity index is 519. The van der Waals surface area contributed by atoms with Crippen LogP contribution in [0.25, 0.3) is 0 Å². The van der Waals surface area contributed by atoms with Crippen LogP contribution < -0.4 is 0 Å². The smallest absolute Gasteiger partial charge is 0.309 e. The summed E-state index contributed by atoms with van der Waals surface area (Å²) in [6.07, 6.45) is 9.02. The number of aliphatic carboxylic acids is 1. The monoisotopic (exact) mass is 320 g/mol. The van der Waals surface area contributed by atoms with Crippen LogP contribution in [0.1, 0.15) is 66.2 Å². The summed E-state index contributed by atoms with van der Waals surface area (Å²) in [4.78, 5) is 11.9. The normalized spacial score (nSPS) is 39.8. The van der Waals surface area contributed by atoms with E-state index in [0.29, 0.717) is 12.3 Å². The zero-order valence-electron chi connectivity index (χ0n) is 15.1. The maximum Gasteiger partial charge on any atom is 0.309 e. The van der Waals surface area contributed by atoms with E-state index in [1.807, 2.05) is 6.92 Å². The fourth-order valence-corrected chi connectivity index (χ4v) is 4.57. The molecule has 3 heteroatoms. The van der Waals surface area contributed by atoms with Crippen molar-refractivity contribution in [2.75, 3.05) is 0 Å². The van der Waals surface area contributed by atoms with E-state index >= 15 is 0 Å². The second-order valence-corrected chi connectivity index (χ2v) is 8.43. The first-order valence-electron chi connectivity index (χ1n) is 8.87. The highest BCUT2D eigenvalue weighted by atomic mass is 16.4. The van der Waals surface area contributed by atoms with Crippen LogP contribution in [0.3, 0.4) is 0 Å². The van der Waals surface area contributed by atoms with E-state index in [0.717, 1.165) is 32.1 Å². The molecule has 0 heterocycles. The van der Waals surface area contributed by atoms with Crippen LogP contribution in [-0.2, 0) is 4.79 Å². The summed E-state index contributed by atoms with van der Waals surface area (Å²) in [6, 6.07) is 0. The summed E-state index contributed by atoms with van der Waals surface area (Å²) in [5, 5.41) is 20.1. The van der Waals surface area contributed by atoms with Gasteiger partial charge in [0.05, 0.1) is 11.0 Å². The third-order valence-corrected chi connectivity index (χ3v) is 6.89. The lowest BCUT2D eigenvalue weighted by atomic mass is 9.51. The molecule has 2 aliphatic carbocycles. The number of aliphatic hydroxyl groups is 1. The van der Waals surface area contributed by atoms with Crippen molar-refractivity contribution in [1.29, 1.82) is 0 Å². The van der Waals surface area contributed by atoms with E-state index in [1.165, 1.54) is 5.57 Å². The average Bonchev–Trinajstić information content (AvgIpc) is 2.50. The highest BCUT2D eigenvalue weighted by molar-refractivity contribution is 5.75. The Balaban J connectivity index is 2.33. The van der Waals surface area contributed by atoms with Crippen LogP contribution in [0.4, 0.5) is 0 Å². The van der Waals surface area contributed by atoms with Crippen molar-refractivity contribution in [3.63, 3.8) is 0 Å². The van der Waals surface area contributed by atoms with Gasteiger partial charge in [0, 0.05) is 0 Å². The van der Waals surface area contributed by atoms with E-state index in [9.17, 15) is 15.0 Å². The van der Waals surface area contributed by atoms with Gasteiger partial charge < -0.3 is 10.2 Å². The van der Waals surface area contributed by atoms with Crippen molar-refractivity contribution in [2.45, 2.75) is 71.8 Å². The van der Waals surface area contributed by atoms with Gasteiger partial charge >= 0.3 is 5.97 Å². The molecule has 0 amide bonds. The number of hydrogen-bond donors (Lipinski definition) is 2. The Hall–Kier alpha value is -1.09. The number of carboxylic acids is 1. The molecule has 0 unspecified atom stereocenters. The third-order valence-electron chi connectivity index (χ3n) is 6.89. The predicted octanol–water partition coefficient (Wildman–Crippen LogP) is 4.57. The topological polar surface area (TPSA) is 57.5 Å². The molecule has 0 aliphatic heterocycles. The van der Waals surface area contributed by atoms with Gasteiger partial charge in [-0.25, -0.2) is 0 Å². The molecular weight excluding hydrogens is 288 g/mol. The van der Waals surface area contributed by atoms with Gasteiger partial charge in [-0.15, -0.1) is 6.58 Å². The zero-order chi connectivity index (χ0) is 17.5. The number of fused-ring (bicyclic) bond motifs is 1. The lowest BCUT2D eigenvalue weighted by molar-refractivity contribution is -0.153. The molecule has 1 saturated carbocycles. The van der Waals surface area contributed by atoms with Crippen molar-refractivity contribution < 1.29 is 15.0 Å². The van der Waals surface area contributed by atoms with Crippen LogP contribution in [0.15, 0.2) is 24.3 Å². The Morgan fingerprint density at radius 2 is 2.13 bits per heavy atom. The van der Waals surface area contributed by atoms with Gasteiger partial charge in [0.1, 0.15) is 0 Å². The SMILES string of the molecule is C=C[C@@](C)(O)CC[C@]1(C)C2=CCC[C@@](C)(C(=O)O)[C@H]2CC[C@H]1C. The average molecular weight is 320 g/mol. The molecule has 1 fully saturated rings. The van der Waals surface area contributed by atoms with Crippen molar-refractivity contribution in [3.8, 4) is 0 Å². The summed E-state index contributed by atoms with van der Waals surface area (Å²) >= 11 is 0. The minimum absolute atomic E-state index is 0.0347. The third kappa shape index (κ3) is 3.13. The molecule has 3 nitrogen and oxygen atoms in total. The van der Waals surface area contributed by atoms with Gasteiger partial charge in [0.2, 0.25) is 0 Å². The molecule has 5 atom stereocenters. The quantitative estimate of drug-likeness (QED) is 0.730. The molecule has 2 rings (SSSR count). The Morgan fingerprint density at radius 3 is 2.70 bits per heavy atom. The van der Waals surface area contributed by atoms with Crippen LogP contribution in [0, 0.1) is 22.7 Å². The van der Waals surface area contributed by atoms with E-state index in [4.69, 9.17) is 0 Å². The molecule has 0 aromatic carbocycles. The van der Waals surface area contributed by atoms with Crippen LogP contribution in [0.2, 0.25) is 0 Å². The van der Waals surface area contributed by atoms with Gasteiger partial charge in [-0.05, 0) is 69.6 Å². The zero-order valence-corrected chi connectivity index (χ0v) is 15.1. The number of carboxylic acid groups (broad SMARTS) is 1. The van der Waals surface area contributed by atoms with E-state index in [1.54, 1.807) is 13.0 Å². The second-order valence-electron chi connectivity index (χ2n) is 8.43. The summed E-state index contributed by atoms with van der Waals surface area (Å²) in [5.74, 6) is -0.0338. The van der Waals surface area contributed by atoms with Crippen molar-refractivity contribution in [1.82, 2.24) is 0 Å². The molecule has 2 N–H and O–H groups in total. The van der Waals surface area contributed by atoms with E-state index in [-0.39, 0.29) is 11.3 Å². The minimum atomic E-state index is -0.860. The second kappa shape index (κ2) is 6.08. The van der Waals surface area contributed by atoms with Crippen molar-refractivity contribution >= 4 is 5.97 Å². The molecule has 2 aliphatic rings. The standard InChI is InChI=1S/C20H32O3/c1-6-18(3,23)12-13-19(4)14(2)9-10-16-15(19)8-7-11-20(16,5)17(21)22/h6,8,14,16,23H,1,7,9-13H2,2-5H3,(H,21,22)/t14-,16+,18-,19+,20-/m1/s1. The van der Waals surface area contributed by atoms with Gasteiger partial charge in [0.25, 0.3) is 0 Å². The van der Waals surface area contributed by atoms with Gasteiger partial charge in [-0.1, -0.05) is 31.6 Å². The number of allylic oxidation sites excluding steroid dienone is 2. The number of carbonyl (C=O) groups is 1. The molecule has 0 radical (unpaired) electrons. The molecule has 23 heavy (non-hydrogen) atoms. The van der Waals surface area contributed by atoms with Gasteiger partial charge in [-0.3, -0.25) is 4.79 Å². The highest BCUT2D eigenvalue weighted by Crippen LogP contribution is 2.58. The first kappa shape index (κ1) is 18.3. The maximum atomic E-state index is 11.9.